The Balaban J connectivity index is 1.57. The summed E-state index contributed by atoms with van der Waals surface area (Å²) in [5, 5.41) is 11.5. The highest BCUT2D eigenvalue weighted by Gasteiger charge is 2.30. The lowest BCUT2D eigenvalue weighted by Gasteiger charge is -2.10. The minimum Gasteiger partial charge on any atom is -0.351 e. The molecule has 0 saturated carbocycles. The van der Waals surface area contributed by atoms with Gasteiger partial charge in [-0.15, -0.1) is 10.2 Å². The molecule has 3 aromatic rings. The maximum absolute atomic E-state index is 12.7. The molecule has 146 valence electrons. The van der Waals surface area contributed by atoms with E-state index >= 15 is 0 Å². The number of hydrogen-bond acceptors (Lipinski definition) is 4. The van der Waals surface area contributed by atoms with Crippen LogP contribution in [-0.4, -0.2) is 26.4 Å². The molecule has 2 aromatic carbocycles. The van der Waals surface area contributed by atoms with Crippen LogP contribution in [0.5, 0.6) is 0 Å². The Kier molecular flexibility index (Phi) is 6.25. The van der Waals surface area contributed by atoms with Crippen molar-refractivity contribution in [3.63, 3.8) is 0 Å². The maximum atomic E-state index is 12.7. The number of nitrogens with one attached hydrogen (secondary N) is 1. The lowest BCUT2D eigenvalue weighted by Crippen LogP contribution is -2.25. The van der Waals surface area contributed by atoms with Gasteiger partial charge in [-0.2, -0.15) is 13.2 Å². The van der Waals surface area contributed by atoms with Crippen molar-refractivity contribution >= 4 is 29.3 Å². The Morgan fingerprint density at radius 1 is 1.18 bits per heavy atom. The standard InChI is InChI=1S/C18H14ClF3N4OS/c19-14-5-2-6-15(8-14)26-11-24-25-17(26)28-10-16(27)23-9-12-3-1-4-13(7-12)18(20,21)22/h1-8,11H,9-10H2,(H,23,27). The molecule has 3 rings (SSSR count). The van der Waals surface area contributed by atoms with E-state index < -0.39 is 11.7 Å². The van der Waals surface area contributed by atoms with Crippen LogP contribution < -0.4 is 5.32 Å². The number of thioether (sulfide) groups is 1. The molecule has 1 aromatic heterocycles. The molecule has 0 atom stereocenters. The first-order valence-electron chi connectivity index (χ1n) is 8.04. The van der Waals surface area contributed by atoms with Crippen molar-refractivity contribution in [2.45, 2.75) is 17.9 Å². The first kappa shape index (κ1) is 20.2. The number of amides is 1. The summed E-state index contributed by atoms with van der Waals surface area (Å²) >= 11 is 7.14. The van der Waals surface area contributed by atoms with Crippen molar-refractivity contribution in [1.82, 2.24) is 20.1 Å². The first-order chi connectivity index (χ1) is 13.3. The number of alkyl halides is 3. The van der Waals surface area contributed by atoms with Crippen molar-refractivity contribution in [3.05, 3.63) is 71.0 Å². The van der Waals surface area contributed by atoms with Crippen molar-refractivity contribution < 1.29 is 18.0 Å². The summed E-state index contributed by atoms with van der Waals surface area (Å²) in [7, 11) is 0. The van der Waals surface area contributed by atoms with Crippen LogP contribution >= 0.6 is 23.4 Å². The number of nitrogens with zero attached hydrogens (tertiary/aromatic N) is 3. The van der Waals surface area contributed by atoms with E-state index in [1.165, 1.54) is 18.5 Å². The highest BCUT2D eigenvalue weighted by molar-refractivity contribution is 7.99. The van der Waals surface area contributed by atoms with Crippen LogP contribution in [0.25, 0.3) is 5.69 Å². The van der Waals surface area contributed by atoms with Crippen LogP contribution in [0.2, 0.25) is 5.02 Å². The number of carbonyl (C=O) groups excluding carboxylic acids is 1. The van der Waals surface area contributed by atoms with E-state index in [0.717, 1.165) is 29.6 Å². The van der Waals surface area contributed by atoms with E-state index in [1.807, 2.05) is 6.07 Å². The van der Waals surface area contributed by atoms with Gasteiger partial charge in [-0.25, -0.2) is 0 Å². The predicted molar refractivity (Wildman–Crippen MR) is 100 cm³/mol. The number of rotatable bonds is 6. The lowest BCUT2D eigenvalue weighted by molar-refractivity contribution is -0.137. The maximum Gasteiger partial charge on any atom is 0.416 e. The Bertz CT molecular complexity index is 977. The van der Waals surface area contributed by atoms with Crippen LogP contribution in [-0.2, 0) is 17.5 Å². The molecule has 1 N–H and O–H groups in total. The van der Waals surface area contributed by atoms with Crippen LogP contribution in [0, 0.1) is 0 Å². The van der Waals surface area contributed by atoms with Gasteiger partial charge in [0.2, 0.25) is 5.91 Å². The van der Waals surface area contributed by atoms with Gasteiger partial charge < -0.3 is 5.32 Å². The smallest absolute Gasteiger partial charge is 0.351 e. The third kappa shape index (κ3) is 5.26. The van der Waals surface area contributed by atoms with Gasteiger partial charge in [-0.3, -0.25) is 9.36 Å². The predicted octanol–water partition coefficient (Wildman–Crippen LogP) is 4.35. The minimum absolute atomic E-state index is 0.00426. The van der Waals surface area contributed by atoms with Crippen molar-refractivity contribution in [1.29, 1.82) is 0 Å². The second kappa shape index (κ2) is 8.66. The average molecular weight is 427 g/mol. The molecule has 0 aliphatic heterocycles. The SMILES string of the molecule is O=C(CSc1nncn1-c1cccc(Cl)c1)NCc1cccc(C(F)(F)F)c1. The second-order valence-electron chi connectivity index (χ2n) is 5.73. The summed E-state index contributed by atoms with van der Waals surface area (Å²) in [4.78, 5) is 12.1. The fourth-order valence-electron chi connectivity index (χ4n) is 2.37. The first-order valence-corrected chi connectivity index (χ1v) is 9.41. The third-order valence-electron chi connectivity index (χ3n) is 3.68. The van der Waals surface area contributed by atoms with E-state index in [2.05, 4.69) is 15.5 Å². The molecule has 0 unspecified atom stereocenters. The van der Waals surface area contributed by atoms with Crippen molar-refractivity contribution in [2.24, 2.45) is 0 Å². The largest absolute Gasteiger partial charge is 0.416 e. The summed E-state index contributed by atoms with van der Waals surface area (Å²) in [5.74, 6) is -0.291. The zero-order valence-electron chi connectivity index (χ0n) is 14.3. The van der Waals surface area contributed by atoms with E-state index in [9.17, 15) is 18.0 Å². The number of hydrogen-bond donors (Lipinski definition) is 1. The zero-order chi connectivity index (χ0) is 20.1. The fourth-order valence-corrected chi connectivity index (χ4v) is 3.31. The molecule has 0 aliphatic carbocycles. The normalized spacial score (nSPS) is 11.4. The molecular weight excluding hydrogens is 413 g/mol. The van der Waals surface area contributed by atoms with E-state index in [0.29, 0.717) is 15.7 Å². The van der Waals surface area contributed by atoms with Crippen LogP contribution in [0.1, 0.15) is 11.1 Å². The van der Waals surface area contributed by atoms with Crippen LogP contribution in [0.15, 0.2) is 60.0 Å². The monoisotopic (exact) mass is 426 g/mol. The van der Waals surface area contributed by atoms with Gasteiger partial charge in [-0.05, 0) is 35.9 Å². The molecule has 28 heavy (non-hydrogen) atoms. The molecule has 0 bridgehead atoms. The Morgan fingerprint density at radius 3 is 2.71 bits per heavy atom. The molecule has 0 saturated heterocycles. The second-order valence-corrected chi connectivity index (χ2v) is 7.11. The zero-order valence-corrected chi connectivity index (χ0v) is 15.9. The molecule has 0 spiro atoms. The topological polar surface area (TPSA) is 59.8 Å². The molecular formula is C18H14ClF3N4OS. The number of benzene rings is 2. The molecule has 0 fully saturated rings. The number of halogens is 4. The Hall–Kier alpha value is -2.52. The number of aromatic nitrogens is 3. The summed E-state index contributed by atoms with van der Waals surface area (Å²) in [6.45, 7) is 0.00426. The summed E-state index contributed by atoms with van der Waals surface area (Å²) in [6.07, 6.45) is -2.91. The molecule has 10 heteroatoms. The molecule has 0 radical (unpaired) electrons. The summed E-state index contributed by atoms with van der Waals surface area (Å²) in [6, 6.07) is 11.9. The van der Waals surface area contributed by atoms with E-state index in [-0.39, 0.29) is 18.2 Å². The third-order valence-corrected chi connectivity index (χ3v) is 4.86. The van der Waals surface area contributed by atoms with E-state index in [4.69, 9.17) is 11.6 Å². The van der Waals surface area contributed by atoms with Crippen molar-refractivity contribution in [2.75, 3.05) is 5.75 Å². The quantitative estimate of drug-likeness (QED) is 0.595. The lowest BCUT2D eigenvalue weighted by atomic mass is 10.1. The van der Waals surface area contributed by atoms with Gasteiger partial charge in [0, 0.05) is 11.6 Å². The van der Waals surface area contributed by atoms with Gasteiger partial charge >= 0.3 is 6.18 Å². The van der Waals surface area contributed by atoms with Gasteiger partial charge in [0.1, 0.15) is 6.33 Å². The molecule has 1 amide bonds. The highest BCUT2D eigenvalue weighted by atomic mass is 35.5. The molecule has 1 heterocycles. The summed E-state index contributed by atoms with van der Waals surface area (Å²) in [5.41, 5.74) is 0.378. The van der Waals surface area contributed by atoms with Gasteiger partial charge in [-0.1, -0.05) is 41.6 Å². The fraction of sp³-hybridized carbons (Fsp3) is 0.167. The molecule has 0 aliphatic rings. The number of carbonyl (C=O) groups is 1. The minimum atomic E-state index is -4.42. The van der Waals surface area contributed by atoms with Crippen LogP contribution in [0.4, 0.5) is 13.2 Å². The van der Waals surface area contributed by atoms with E-state index in [1.54, 1.807) is 22.8 Å². The Morgan fingerprint density at radius 2 is 1.96 bits per heavy atom. The highest BCUT2D eigenvalue weighted by Crippen LogP contribution is 2.29. The van der Waals surface area contributed by atoms with Gasteiger partial charge in [0.15, 0.2) is 5.16 Å². The van der Waals surface area contributed by atoms with Crippen molar-refractivity contribution in [3.8, 4) is 5.69 Å². The average Bonchev–Trinajstić information content (AvgIpc) is 3.13. The van der Waals surface area contributed by atoms with Gasteiger partial charge in [0.05, 0.1) is 17.0 Å². The Labute approximate surface area is 167 Å². The molecule has 5 nitrogen and oxygen atoms in total. The summed E-state index contributed by atoms with van der Waals surface area (Å²) < 4.78 is 39.9. The van der Waals surface area contributed by atoms with Gasteiger partial charge in [0.25, 0.3) is 0 Å². The van der Waals surface area contributed by atoms with Crippen LogP contribution in [0.3, 0.4) is 0 Å².